The molecule has 0 unspecified atom stereocenters. The van der Waals surface area contributed by atoms with E-state index in [-0.39, 0.29) is 0 Å². The Morgan fingerprint density at radius 3 is 2.18 bits per heavy atom. The van der Waals surface area contributed by atoms with Crippen LogP contribution in [0.4, 0.5) is 0 Å². The molecule has 7 heteroatoms. The van der Waals surface area contributed by atoms with Crippen LogP contribution in [-0.2, 0) is 20.9 Å². The monoisotopic (exact) mass is 394 g/mol. The molecule has 1 heterocycles. The van der Waals surface area contributed by atoms with Gasteiger partial charge in [-0.05, 0) is 58.3 Å². The third-order valence-electron chi connectivity index (χ3n) is 4.57. The van der Waals surface area contributed by atoms with Crippen molar-refractivity contribution in [2.45, 2.75) is 44.8 Å². The maximum absolute atomic E-state index is 9.10. The van der Waals surface area contributed by atoms with E-state index in [1.54, 1.807) is 0 Å². The van der Waals surface area contributed by atoms with Gasteiger partial charge in [-0.3, -0.25) is 4.90 Å². The highest BCUT2D eigenvalue weighted by Crippen LogP contribution is 2.16. The molecule has 1 aromatic rings. The summed E-state index contributed by atoms with van der Waals surface area (Å²) in [6, 6.07) is 10.8. The standard InChI is InChI=1S/C19H32N2O.C2H2O4/c1-20(2)13-7-4-8-16-22-19-11-14-21(15-12-19)17-18-9-5-3-6-10-18;3-1(4)2(5)6/h3,5-6,9-10,19H,4,7-8,11-17H2,1-2H3;(H,3,4)(H,5,6). The van der Waals surface area contributed by atoms with E-state index in [1.165, 1.54) is 57.3 Å². The molecule has 0 aliphatic carbocycles. The van der Waals surface area contributed by atoms with Crippen molar-refractivity contribution in [3.05, 3.63) is 35.9 Å². The van der Waals surface area contributed by atoms with E-state index in [2.05, 4.69) is 54.2 Å². The summed E-state index contributed by atoms with van der Waals surface area (Å²) in [5.74, 6) is -3.65. The molecule has 1 fully saturated rings. The number of benzene rings is 1. The quantitative estimate of drug-likeness (QED) is 0.491. The normalized spacial score (nSPS) is 15.1. The Hall–Kier alpha value is -1.96. The fourth-order valence-electron chi connectivity index (χ4n) is 3.03. The van der Waals surface area contributed by atoms with Gasteiger partial charge in [0.1, 0.15) is 0 Å². The number of ether oxygens (including phenoxy) is 1. The van der Waals surface area contributed by atoms with E-state index in [0.29, 0.717) is 6.10 Å². The minimum absolute atomic E-state index is 0.487. The molecule has 1 aromatic carbocycles. The Kier molecular flexibility index (Phi) is 12.1. The van der Waals surface area contributed by atoms with Gasteiger partial charge in [0.15, 0.2) is 0 Å². The minimum atomic E-state index is -1.82. The van der Waals surface area contributed by atoms with Crippen LogP contribution in [0.2, 0.25) is 0 Å². The first-order valence-electron chi connectivity index (χ1n) is 9.87. The lowest BCUT2D eigenvalue weighted by atomic mass is 10.1. The van der Waals surface area contributed by atoms with Crippen molar-refractivity contribution in [2.75, 3.05) is 40.3 Å². The van der Waals surface area contributed by atoms with E-state index in [0.717, 1.165) is 13.2 Å². The van der Waals surface area contributed by atoms with E-state index >= 15 is 0 Å². The zero-order chi connectivity index (χ0) is 20.8. The first-order valence-corrected chi connectivity index (χ1v) is 9.87. The van der Waals surface area contributed by atoms with Gasteiger partial charge in [0.2, 0.25) is 0 Å². The molecule has 0 bridgehead atoms. The van der Waals surface area contributed by atoms with Gasteiger partial charge in [0.25, 0.3) is 0 Å². The average molecular weight is 395 g/mol. The van der Waals surface area contributed by atoms with Crippen molar-refractivity contribution in [3.8, 4) is 0 Å². The molecule has 1 saturated heterocycles. The first-order chi connectivity index (χ1) is 13.4. The highest BCUT2D eigenvalue weighted by atomic mass is 16.5. The third kappa shape index (κ3) is 11.7. The second-order valence-electron chi connectivity index (χ2n) is 7.31. The van der Waals surface area contributed by atoms with E-state index in [1.807, 2.05) is 0 Å². The Labute approximate surface area is 167 Å². The number of nitrogens with zero attached hydrogens (tertiary/aromatic N) is 2. The summed E-state index contributed by atoms with van der Waals surface area (Å²) in [5, 5.41) is 14.8. The number of rotatable bonds is 9. The third-order valence-corrected chi connectivity index (χ3v) is 4.57. The number of piperidine rings is 1. The van der Waals surface area contributed by atoms with Crippen molar-refractivity contribution in [1.82, 2.24) is 9.80 Å². The molecular formula is C21H34N2O5. The second kappa shape index (κ2) is 14.1. The number of hydrogen-bond donors (Lipinski definition) is 2. The van der Waals surface area contributed by atoms with Gasteiger partial charge in [0.05, 0.1) is 6.10 Å². The van der Waals surface area contributed by atoms with Crippen LogP contribution < -0.4 is 0 Å². The maximum atomic E-state index is 9.10. The summed E-state index contributed by atoms with van der Waals surface area (Å²) in [6.07, 6.45) is 6.63. The predicted molar refractivity (Wildman–Crippen MR) is 108 cm³/mol. The number of likely N-dealkylation sites (tertiary alicyclic amines) is 1. The smallest absolute Gasteiger partial charge is 0.414 e. The van der Waals surface area contributed by atoms with Crippen LogP contribution in [0.25, 0.3) is 0 Å². The summed E-state index contributed by atoms with van der Waals surface area (Å²) in [6.45, 7) is 5.55. The first kappa shape index (κ1) is 24.1. The lowest BCUT2D eigenvalue weighted by Gasteiger charge is -2.32. The molecule has 2 rings (SSSR count). The maximum Gasteiger partial charge on any atom is 0.414 e. The molecule has 1 aliphatic rings. The molecule has 0 saturated carbocycles. The molecule has 7 nitrogen and oxygen atoms in total. The summed E-state index contributed by atoms with van der Waals surface area (Å²) < 4.78 is 6.05. The largest absolute Gasteiger partial charge is 0.473 e. The number of carboxylic acid groups (broad SMARTS) is 2. The van der Waals surface area contributed by atoms with Gasteiger partial charge >= 0.3 is 11.9 Å². The summed E-state index contributed by atoms with van der Waals surface area (Å²) >= 11 is 0. The zero-order valence-electron chi connectivity index (χ0n) is 17.0. The van der Waals surface area contributed by atoms with Crippen molar-refractivity contribution < 1.29 is 24.5 Å². The zero-order valence-corrected chi connectivity index (χ0v) is 17.0. The lowest BCUT2D eigenvalue weighted by Crippen LogP contribution is -2.36. The van der Waals surface area contributed by atoms with Gasteiger partial charge in [-0.15, -0.1) is 0 Å². The molecule has 0 atom stereocenters. The van der Waals surface area contributed by atoms with Gasteiger partial charge in [-0.25, -0.2) is 9.59 Å². The van der Waals surface area contributed by atoms with Gasteiger partial charge in [0, 0.05) is 26.2 Å². The Morgan fingerprint density at radius 1 is 1.04 bits per heavy atom. The Bertz CT molecular complexity index is 545. The number of carbonyl (C=O) groups is 2. The van der Waals surface area contributed by atoms with Gasteiger partial charge < -0.3 is 19.8 Å². The van der Waals surface area contributed by atoms with Crippen molar-refractivity contribution in [1.29, 1.82) is 0 Å². The van der Waals surface area contributed by atoms with Crippen LogP contribution in [0.15, 0.2) is 30.3 Å². The molecule has 0 radical (unpaired) electrons. The number of hydrogen-bond acceptors (Lipinski definition) is 5. The van der Waals surface area contributed by atoms with Crippen molar-refractivity contribution in [2.24, 2.45) is 0 Å². The van der Waals surface area contributed by atoms with Crippen LogP contribution in [0.1, 0.15) is 37.7 Å². The highest BCUT2D eigenvalue weighted by Gasteiger charge is 2.19. The van der Waals surface area contributed by atoms with Crippen LogP contribution in [0, 0.1) is 0 Å². The van der Waals surface area contributed by atoms with Crippen LogP contribution in [0.3, 0.4) is 0 Å². The SMILES string of the molecule is CN(C)CCCCCOC1CCN(Cc2ccccc2)CC1.O=C(O)C(=O)O. The molecule has 0 amide bonds. The molecule has 0 spiro atoms. The van der Waals surface area contributed by atoms with E-state index in [9.17, 15) is 0 Å². The van der Waals surface area contributed by atoms with Gasteiger partial charge in [-0.1, -0.05) is 30.3 Å². The van der Waals surface area contributed by atoms with E-state index in [4.69, 9.17) is 24.5 Å². The van der Waals surface area contributed by atoms with Gasteiger partial charge in [-0.2, -0.15) is 0 Å². The Morgan fingerprint density at radius 2 is 1.64 bits per heavy atom. The highest BCUT2D eigenvalue weighted by molar-refractivity contribution is 6.27. The molecule has 28 heavy (non-hydrogen) atoms. The minimum Gasteiger partial charge on any atom is -0.473 e. The number of aliphatic carboxylic acids is 2. The fourth-order valence-corrected chi connectivity index (χ4v) is 3.03. The van der Waals surface area contributed by atoms with Crippen molar-refractivity contribution in [3.63, 3.8) is 0 Å². The van der Waals surface area contributed by atoms with Crippen LogP contribution in [0.5, 0.6) is 0 Å². The molecular weight excluding hydrogens is 360 g/mol. The molecule has 158 valence electrons. The van der Waals surface area contributed by atoms with Crippen molar-refractivity contribution >= 4 is 11.9 Å². The molecule has 1 aliphatic heterocycles. The predicted octanol–water partition coefficient (Wildman–Crippen LogP) is 2.56. The lowest BCUT2D eigenvalue weighted by molar-refractivity contribution is -0.159. The molecule has 0 aromatic heterocycles. The summed E-state index contributed by atoms with van der Waals surface area (Å²) in [4.78, 5) is 23.0. The number of carboxylic acids is 2. The van der Waals surface area contributed by atoms with E-state index < -0.39 is 11.9 Å². The fraction of sp³-hybridized carbons (Fsp3) is 0.619. The number of unbranched alkanes of at least 4 members (excludes halogenated alkanes) is 2. The Balaban J connectivity index is 0.000000568. The van der Waals surface area contributed by atoms with Crippen LogP contribution >= 0.6 is 0 Å². The molecule has 2 N–H and O–H groups in total. The topological polar surface area (TPSA) is 90.3 Å². The summed E-state index contributed by atoms with van der Waals surface area (Å²) in [7, 11) is 4.28. The van der Waals surface area contributed by atoms with Crippen LogP contribution in [-0.4, -0.2) is 78.4 Å². The average Bonchev–Trinajstić information content (AvgIpc) is 2.67. The second-order valence-corrected chi connectivity index (χ2v) is 7.31. The summed E-state index contributed by atoms with van der Waals surface area (Å²) in [5.41, 5.74) is 1.42.